The van der Waals surface area contributed by atoms with Crippen LogP contribution in [0.2, 0.25) is 0 Å². The monoisotopic (exact) mass is 431 g/mol. The minimum Gasteiger partial charge on any atom is -0.545 e. The van der Waals surface area contributed by atoms with Crippen molar-refractivity contribution >= 4 is 69.2 Å². The number of anilines is 1. The van der Waals surface area contributed by atoms with Gasteiger partial charge in [0.05, 0.1) is 10.9 Å². The van der Waals surface area contributed by atoms with Gasteiger partial charge in [-0.3, -0.25) is 14.5 Å². The minimum absolute atomic E-state index is 0.0773. The molecule has 9 heteroatoms. The van der Waals surface area contributed by atoms with Crippen LogP contribution in [0.5, 0.6) is 0 Å². The second kappa shape index (κ2) is 9.13. The molecule has 1 fully saturated rings. The van der Waals surface area contributed by atoms with Crippen molar-refractivity contribution in [1.29, 1.82) is 0 Å². The van der Waals surface area contributed by atoms with Crippen molar-refractivity contribution in [1.82, 2.24) is 4.90 Å². The fraction of sp³-hybridized carbons (Fsp3) is 0.158. The van der Waals surface area contributed by atoms with Crippen LogP contribution < -0.4 is 10.4 Å². The lowest BCUT2D eigenvalue weighted by Gasteiger charge is -2.15. The SMILES string of the molecule is O=C(CCCN1C(=O)/C(=C\c2cccs2)SC1=S)Nc1ccccc1C(=O)[O-]. The number of thiophene rings is 1. The number of nitrogens with one attached hydrogen (secondary N) is 1. The first kappa shape index (κ1) is 20.2. The summed E-state index contributed by atoms with van der Waals surface area (Å²) in [7, 11) is 0. The van der Waals surface area contributed by atoms with Crippen LogP contribution in [0.15, 0.2) is 46.7 Å². The summed E-state index contributed by atoms with van der Waals surface area (Å²) < 4.78 is 0.468. The van der Waals surface area contributed by atoms with E-state index in [0.717, 1.165) is 4.88 Å². The highest BCUT2D eigenvalue weighted by atomic mass is 32.2. The Morgan fingerprint density at radius 1 is 1.21 bits per heavy atom. The highest BCUT2D eigenvalue weighted by Crippen LogP contribution is 2.33. The summed E-state index contributed by atoms with van der Waals surface area (Å²) in [6.45, 7) is 0.321. The van der Waals surface area contributed by atoms with Crippen molar-refractivity contribution in [3.63, 3.8) is 0 Å². The maximum Gasteiger partial charge on any atom is 0.266 e. The molecule has 0 saturated carbocycles. The Hall–Kier alpha value is -2.49. The van der Waals surface area contributed by atoms with Gasteiger partial charge in [0.15, 0.2) is 0 Å². The quantitative estimate of drug-likeness (QED) is 0.536. The summed E-state index contributed by atoms with van der Waals surface area (Å²) >= 11 is 8.06. The van der Waals surface area contributed by atoms with Crippen LogP contribution in [-0.4, -0.2) is 33.5 Å². The first-order valence-electron chi connectivity index (χ1n) is 8.35. The zero-order valence-electron chi connectivity index (χ0n) is 14.5. The Kier molecular flexibility index (Phi) is 6.61. The normalized spacial score (nSPS) is 15.3. The number of para-hydroxylation sites is 1. The zero-order chi connectivity index (χ0) is 20.1. The molecule has 0 aliphatic carbocycles. The molecular weight excluding hydrogens is 416 g/mol. The van der Waals surface area contributed by atoms with Gasteiger partial charge in [0.25, 0.3) is 5.91 Å². The molecule has 2 heterocycles. The van der Waals surface area contributed by atoms with Crippen LogP contribution in [0.3, 0.4) is 0 Å². The van der Waals surface area contributed by atoms with Crippen LogP contribution in [-0.2, 0) is 9.59 Å². The molecule has 1 aromatic heterocycles. The van der Waals surface area contributed by atoms with E-state index in [1.165, 1.54) is 40.1 Å². The molecule has 1 N–H and O–H groups in total. The number of carbonyl (C=O) groups excluding carboxylic acids is 3. The zero-order valence-corrected chi connectivity index (χ0v) is 17.0. The van der Waals surface area contributed by atoms with Gasteiger partial charge in [-0.05, 0) is 30.0 Å². The molecule has 1 aliphatic rings. The largest absolute Gasteiger partial charge is 0.545 e. The van der Waals surface area contributed by atoms with Crippen molar-refractivity contribution in [3.05, 3.63) is 57.1 Å². The molecule has 2 aromatic rings. The van der Waals surface area contributed by atoms with Gasteiger partial charge in [0, 0.05) is 29.1 Å². The van der Waals surface area contributed by atoms with E-state index in [9.17, 15) is 19.5 Å². The third kappa shape index (κ3) is 4.86. The summed E-state index contributed by atoms with van der Waals surface area (Å²) in [5.41, 5.74) is 0.114. The molecule has 0 bridgehead atoms. The van der Waals surface area contributed by atoms with Gasteiger partial charge in [0.2, 0.25) is 5.91 Å². The minimum atomic E-state index is -1.36. The van der Waals surface area contributed by atoms with E-state index in [0.29, 0.717) is 22.2 Å². The summed E-state index contributed by atoms with van der Waals surface area (Å²) in [5.74, 6) is -1.86. The average molecular weight is 432 g/mol. The van der Waals surface area contributed by atoms with E-state index in [1.54, 1.807) is 12.1 Å². The van der Waals surface area contributed by atoms with E-state index in [2.05, 4.69) is 5.32 Å². The Morgan fingerprint density at radius 3 is 2.71 bits per heavy atom. The van der Waals surface area contributed by atoms with E-state index < -0.39 is 5.97 Å². The van der Waals surface area contributed by atoms with E-state index >= 15 is 0 Å². The number of carboxylic acid groups (broad SMARTS) is 1. The first-order valence-corrected chi connectivity index (χ1v) is 10.5. The molecule has 1 aliphatic heterocycles. The molecule has 144 valence electrons. The van der Waals surface area contributed by atoms with Crippen LogP contribution in [0.25, 0.3) is 6.08 Å². The molecule has 0 spiro atoms. The van der Waals surface area contributed by atoms with Crippen molar-refractivity contribution < 1.29 is 19.5 Å². The molecule has 2 amide bonds. The summed E-state index contributed by atoms with van der Waals surface area (Å²) in [4.78, 5) is 38.7. The molecule has 0 radical (unpaired) electrons. The lowest BCUT2D eigenvalue weighted by atomic mass is 10.1. The molecule has 0 unspecified atom stereocenters. The number of carbonyl (C=O) groups is 3. The summed E-state index contributed by atoms with van der Waals surface area (Å²) in [6, 6.07) is 9.88. The average Bonchev–Trinajstić information content (AvgIpc) is 3.26. The maximum absolute atomic E-state index is 12.5. The number of amides is 2. The van der Waals surface area contributed by atoms with Gasteiger partial charge < -0.3 is 15.2 Å². The Morgan fingerprint density at radius 2 is 2.00 bits per heavy atom. The number of thiocarbonyl (C=S) groups is 1. The maximum atomic E-state index is 12.5. The molecule has 6 nitrogen and oxygen atoms in total. The fourth-order valence-corrected chi connectivity index (χ4v) is 4.61. The molecule has 1 aromatic carbocycles. The summed E-state index contributed by atoms with van der Waals surface area (Å²) in [6.07, 6.45) is 2.34. The van der Waals surface area contributed by atoms with Crippen molar-refractivity contribution in [2.75, 3.05) is 11.9 Å². The number of rotatable bonds is 7. The van der Waals surface area contributed by atoms with Crippen LogP contribution in [0.4, 0.5) is 5.69 Å². The Labute approximate surface area is 175 Å². The number of hydrogen-bond acceptors (Lipinski definition) is 7. The van der Waals surface area contributed by atoms with Gasteiger partial charge in [-0.1, -0.05) is 48.2 Å². The van der Waals surface area contributed by atoms with Gasteiger partial charge in [-0.15, -0.1) is 11.3 Å². The number of benzene rings is 1. The van der Waals surface area contributed by atoms with Gasteiger partial charge in [0.1, 0.15) is 4.32 Å². The molecule has 28 heavy (non-hydrogen) atoms. The first-order chi connectivity index (χ1) is 13.5. The van der Waals surface area contributed by atoms with Crippen LogP contribution in [0, 0.1) is 0 Å². The lowest BCUT2D eigenvalue weighted by Crippen LogP contribution is -2.30. The van der Waals surface area contributed by atoms with Crippen molar-refractivity contribution in [2.45, 2.75) is 12.8 Å². The standard InChI is InChI=1S/C19H16N2O4S3/c22-16(20-14-7-2-1-6-13(14)18(24)25)8-3-9-21-17(23)15(28-19(21)26)11-12-5-4-10-27-12/h1-2,4-7,10-11H,3,8-9H2,(H,20,22)(H,24,25)/p-1/b15-11+. The number of carboxylic acids is 1. The van der Waals surface area contributed by atoms with Crippen LogP contribution in [0.1, 0.15) is 28.1 Å². The third-order valence-corrected chi connectivity index (χ3v) is 6.09. The van der Waals surface area contributed by atoms with Gasteiger partial charge in [-0.25, -0.2) is 0 Å². The molecular formula is C19H15N2O4S3-. The summed E-state index contributed by atoms with van der Waals surface area (Å²) in [5, 5.41) is 15.6. The lowest BCUT2D eigenvalue weighted by molar-refractivity contribution is -0.254. The van der Waals surface area contributed by atoms with E-state index in [-0.39, 0.29) is 29.5 Å². The van der Waals surface area contributed by atoms with Crippen molar-refractivity contribution in [2.24, 2.45) is 0 Å². The van der Waals surface area contributed by atoms with Gasteiger partial charge >= 0.3 is 0 Å². The second-order valence-electron chi connectivity index (χ2n) is 5.83. The number of hydrogen-bond donors (Lipinski definition) is 1. The smallest absolute Gasteiger partial charge is 0.266 e. The number of aromatic carboxylic acids is 1. The fourth-order valence-electron chi connectivity index (χ4n) is 2.58. The highest BCUT2D eigenvalue weighted by Gasteiger charge is 2.31. The van der Waals surface area contributed by atoms with Crippen LogP contribution >= 0.6 is 35.3 Å². The van der Waals surface area contributed by atoms with Crippen molar-refractivity contribution in [3.8, 4) is 0 Å². The number of nitrogens with zero attached hydrogens (tertiary/aromatic N) is 1. The Balaban J connectivity index is 1.54. The highest BCUT2D eigenvalue weighted by molar-refractivity contribution is 8.26. The predicted octanol–water partition coefficient (Wildman–Crippen LogP) is 2.73. The van der Waals surface area contributed by atoms with Gasteiger partial charge in [-0.2, -0.15) is 0 Å². The van der Waals surface area contributed by atoms with E-state index in [1.807, 2.05) is 23.6 Å². The second-order valence-corrected chi connectivity index (χ2v) is 8.49. The molecule has 0 atom stereocenters. The van der Waals surface area contributed by atoms with E-state index in [4.69, 9.17) is 12.2 Å². The third-order valence-electron chi connectivity index (χ3n) is 3.90. The predicted molar refractivity (Wildman–Crippen MR) is 113 cm³/mol. The molecule has 3 rings (SSSR count). The topological polar surface area (TPSA) is 89.5 Å². The molecule has 1 saturated heterocycles. The Bertz CT molecular complexity index is 954. The number of thioether (sulfide) groups is 1.